The van der Waals surface area contributed by atoms with Crippen molar-refractivity contribution in [1.29, 1.82) is 0 Å². The fraction of sp³-hybridized carbons (Fsp3) is 0. The Morgan fingerprint density at radius 1 is 1.70 bits per heavy atom. The molecule has 1 heterocycles. The molecule has 0 atom stereocenters. The first-order valence-electron chi connectivity index (χ1n) is 2.62. The van der Waals surface area contributed by atoms with Crippen LogP contribution in [0.15, 0.2) is 23.5 Å². The van der Waals surface area contributed by atoms with Crippen LogP contribution in [0.25, 0.3) is 0 Å². The number of rotatable bonds is 1. The zero-order chi connectivity index (χ0) is 7.40. The van der Waals surface area contributed by atoms with E-state index < -0.39 is 0 Å². The summed E-state index contributed by atoms with van der Waals surface area (Å²) in [5.74, 6) is 0. The normalized spacial score (nSPS) is 10.5. The van der Waals surface area contributed by atoms with E-state index in [0.29, 0.717) is 5.15 Å². The number of pyridine rings is 1. The predicted molar refractivity (Wildman–Crippen MR) is 38.6 cm³/mol. The second kappa shape index (κ2) is 3.17. The number of nitrogens with zero attached hydrogens (tertiary/aromatic N) is 2. The van der Waals surface area contributed by atoms with E-state index in [1.54, 1.807) is 18.3 Å². The molecule has 10 heavy (non-hydrogen) atoms. The van der Waals surface area contributed by atoms with Crippen molar-refractivity contribution in [2.75, 3.05) is 0 Å². The molecule has 0 saturated heterocycles. The first-order chi connectivity index (χ1) is 4.83. The molecule has 0 aliphatic rings. The van der Waals surface area contributed by atoms with Gasteiger partial charge in [-0.25, -0.2) is 4.98 Å². The van der Waals surface area contributed by atoms with E-state index in [0.717, 1.165) is 5.56 Å². The number of hydrogen-bond donors (Lipinski definition) is 1. The minimum Gasteiger partial charge on any atom is -0.411 e. The molecular weight excluding hydrogens is 152 g/mol. The second-order valence-electron chi connectivity index (χ2n) is 1.66. The summed E-state index contributed by atoms with van der Waals surface area (Å²) < 4.78 is 0. The summed E-state index contributed by atoms with van der Waals surface area (Å²) in [6, 6.07) is 3.28. The third-order valence-corrected chi connectivity index (χ3v) is 1.16. The van der Waals surface area contributed by atoms with Gasteiger partial charge < -0.3 is 5.21 Å². The van der Waals surface area contributed by atoms with Crippen molar-refractivity contribution in [2.45, 2.75) is 0 Å². The fourth-order valence-electron chi connectivity index (χ4n) is 0.564. The largest absolute Gasteiger partial charge is 0.411 e. The molecular formula is C6H5ClN2O. The van der Waals surface area contributed by atoms with Gasteiger partial charge in [-0.2, -0.15) is 0 Å². The SMILES string of the molecule is O/N=C/c1ccnc(Cl)c1. The van der Waals surface area contributed by atoms with Gasteiger partial charge in [0.2, 0.25) is 0 Å². The van der Waals surface area contributed by atoms with E-state index in [1.807, 2.05) is 0 Å². The van der Waals surface area contributed by atoms with Gasteiger partial charge in [0.05, 0.1) is 6.21 Å². The average Bonchev–Trinajstić information content (AvgIpc) is 1.88. The lowest BCUT2D eigenvalue weighted by Crippen LogP contribution is -1.81. The van der Waals surface area contributed by atoms with Crippen molar-refractivity contribution in [1.82, 2.24) is 4.98 Å². The molecule has 4 heteroatoms. The van der Waals surface area contributed by atoms with Crippen LogP contribution in [-0.2, 0) is 0 Å². The van der Waals surface area contributed by atoms with Crippen LogP contribution in [0.2, 0.25) is 5.15 Å². The molecule has 0 fully saturated rings. The topological polar surface area (TPSA) is 45.5 Å². The summed E-state index contributed by atoms with van der Waals surface area (Å²) in [7, 11) is 0. The summed E-state index contributed by atoms with van der Waals surface area (Å²) in [4.78, 5) is 3.74. The molecule has 0 radical (unpaired) electrons. The van der Waals surface area contributed by atoms with Gasteiger partial charge >= 0.3 is 0 Å². The summed E-state index contributed by atoms with van der Waals surface area (Å²) in [6.45, 7) is 0. The first kappa shape index (κ1) is 7.02. The van der Waals surface area contributed by atoms with Crippen LogP contribution in [0.5, 0.6) is 0 Å². The maximum atomic E-state index is 8.12. The highest BCUT2D eigenvalue weighted by Gasteiger charge is 1.89. The quantitative estimate of drug-likeness (QED) is 0.290. The molecule has 52 valence electrons. The van der Waals surface area contributed by atoms with Gasteiger partial charge in [0.1, 0.15) is 5.15 Å². The Morgan fingerprint density at radius 2 is 2.50 bits per heavy atom. The predicted octanol–water partition coefficient (Wildman–Crippen LogP) is 1.54. The van der Waals surface area contributed by atoms with Crippen LogP contribution in [-0.4, -0.2) is 16.4 Å². The first-order valence-corrected chi connectivity index (χ1v) is 2.99. The molecule has 0 unspecified atom stereocenters. The number of halogens is 1. The highest BCUT2D eigenvalue weighted by molar-refractivity contribution is 6.29. The van der Waals surface area contributed by atoms with Crippen molar-refractivity contribution >= 4 is 17.8 Å². The standard InChI is InChI=1S/C6H5ClN2O/c7-6-3-5(4-9-10)1-2-8-6/h1-4,10H/b9-4+. The summed E-state index contributed by atoms with van der Waals surface area (Å²) in [5.41, 5.74) is 0.725. The smallest absolute Gasteiger partial charge is 0.129 e. The van der Waals surface area contributed by atoms with Crippen LogP contribution in [0, 0.1) is 0 Å². The third kappa shape index (κ3) is 1.70. The summed E-state index contributed by atoms with van der Waals surface area (Å²) in [5, 5.41) is 11.3. The second-order valence-corrected chi connectivity index (χ2v) is 2.04. The van der Waals surface area contributed by atoms with Crippen molar-refractivity contribution in [3.05, 3.63) is 29.0 Å². The molecule has 0 aliphatic carbocycles. The number of oxime groups is 1. The van der Waals surface area contributed by atoms with Crippen molar-refractivity contribution in [2.24, 2.45) is 5.16 Å². The van der Waals surface area contributed by atoms with Crippen LogP contribution in [0.1, 0.15) is 5.56 Å². The number of hydrogen-bond acceptors (Lipinski definition) is 3. The lowest BCUT2D eigenvalue weighted by Gasteiger charge is -1.89. The minimum atomic E-state index is 0.386. The molecule has 1 aromatic heterocycles. The van der Waals surface area contributed by atoms with Gasteiger partial charge in [-0.05, 0) is 12.1 Å². The van der Waals surface area contributed by atoms with Gasteiger partial charge in [-0.1, -0.05) is 16.8 Å². The lowest BCUT2D eigenvalue weighted by molar-refractivity contribution is 0.322. The number of aromatic nitrogens is 1. The zero-order valence-corrected chi connectivity index (χ0v) is 5.78. The molecule has 0 aromatic carbocycles. The average molecular weight is 157 g/mol. The van der Waals surface area contributed by atoms with Gasteiger partial charge in [-0.15, -0.1) is 0 Å². The van der Waals surface area contributed by atoms with E-state index >= 15 is 0 Å². The monoisotopic (exact) mass is 156 g/mol. The van der Waals surface area contributed by atoms with Crippen LogP contribution < -0.4 is 0 Å². The van der Waals surface area contributed by atoms with Crippen molar-refractivity contribution in [3.8, 4) is 0 Å². The Labute approximate surface area is 63.0 Å². The van der Waals surface area contributed by atoms with Crippen molar-refractivity contribution in [3.63, 3.8) is 0 Å². The molecule has 0 spiro atoms. The molecule has 0 aliphatic heterocycles. The van der Waals surface area contributed by atoms with Gasteiger partial charge in [0.25, 0.3) is 0 Å². The van der Waals surface area contributed by atoms with Crippen LogP contribution in [0.4, 0.5) is 0 Å². The van der Waals surface area contributed by atoms with Crippen LogP contribution >= 0.6 is 11.6 Å². The Hall–Kier alpha value is -1.09. The fourth-order valence-corrected chi connectivity index (χ4v) is 0.747. The van der Waals surface area contributed by atoms with Crippen molar-refractivity contribution < 1.29 is 5.21 Å². The third-order valence-electron chi connectivity index (χ3n) is 0.957. The van der Waals surface area contributed by atoms with Gasteiger partial charge in [0.15, 0.2) is 0 Å². The molecule has 1 rings (SSSR count). The zero-order valence-electron chi connectivity index (χ0n) is 5.03. The van der Waals surface area contributed by atoms with E-state index in [1.165, 1.54) is 6.21 Å². The summed E-state index contributed by atoms with van der Waals surface area (Å²) in [6.07, 6.45) is 2.83. The van der Waals surface area contributed by atoms with Gasteiger partial charge in [0, 0.05) is 11.8 Å². The maximum Gasteiger partial charge on any atom is 0.129 e. The Balaban J connectivity index is 2.95. The molecule has 1 N–H and O–H groups in total. The highest BCUT2D eigenvalue weighted by Crippen LogP contribution is 2.04. The summed E-state index contributed by atoms with van der Waals surface area (Å²) >= 11 is 5.53. The Bertz CT molecular complexity index is 249. The minimum absolute atomic E-state index is 0.386. The molecule has 1 aromatic rings. The van der Waals surface area contributed by atoms with E-state index in [2.05, 4.69) is 10.1 Å². The van der Waals surface area contributed by atoms with E-state index in [4.69, 9.17) is 16.8 Å². The van der Waals surface area contributed by atoms with Crippen LogP contribution in [0.3, 0.4) is 0 Å². The van der Waals surface area contributed by atoms with E-state index in [9.17, 15) is 0 Å². The highest BCUT2D eigenvalue weighted by atomic mass is 35.5. The van der Waals surface area contributed by atoms with Gasteiger partial charge in [-0.3, -0.25) is 0 Å². The maximum absolute atomic E-state index is 8.12. The Morgan fingerprint density at radius 3 is 3.10 bits per heavy atom. The molecule has 0 amide bonds. The Kier molecular flexibility index (Phi) is 2.23. The lowest BCUT2D eigenvalue weighted by atomic mass is 10.3. The molecule has 3 nitrogen and oxygen atoms in total. The molecule has 0 saturated carbocycles. The van der Waals surface area contributed by atoms with E-state index in [-0.39, 0.29) is 0 Å². The molecule has 0 bridgehead atoms.